The maximum atomic E-state index is 11.0. The number of amides is 1. The Labute approximate surface area is 92.1 Å². The molecule has 1 aromatic carbocycles. The second-order valence-electron chi connectivity index (χ2n) is 2.97. The van der Waals surface area contributed by atoms with E-state index in [4.69, 9.17) is 15.6 Å². The van der Waals surface area contributed by atoms with Crippen molar-refractivity contribution in [3.8, 4) is 5.75 Å². The third-order valence-electron chi connectivity index (χ3n) is 1.91. The minimum Gasteiger partial charge on any atom is -0.496 e. The Hall–Kier alpha value is -2.30. The van der Waals surface area contributed by atoms with Gasteiger partial charge in [0.15, 0.2) is 0 Å². The van der Waals surface area contributed by atoms with Gasteiger partial charge in [-0.1, -0.05) is 18.2 Å². The Morgan fingerprint density at radius 3 is 2.50 bits per heavy atom. The molecule has 1 amide bonds. The predicted molar refractivity (Wildman–Crippen MR) is 57.8 cm³/mol. The first-order valence-electron chi connectivity index (χ1n) is 4.44. The van der Waals surface area contributed by atoms with E-state index in [9.17, 15) is 9.59 Å². The van der Waals surface area contributed by atoms with E-state index in [2.05, 4.69) is 0 Å². The summed E-state index contributed by atoms with van der Waals surface area (Å²) < 4.78 is 5.00. The molecule has 0 aliphatic heterocycles. The lowest BCUT2D eigenvalue weighted by Crippen LogP contribution is -2.11. The average Bonchev–Trinajstić information content (AvgIpc) is 2.25. The molecule has 0 atom stereocenters. The number of benzene rings is 1. The van der Waals surface area contributed by atoms with Gasteiger partial charge in [0.1, 0.15) is 5.75 Å². The fourth-order valence-corrected chi connectivity index (χ4v) is 1.26. The van der Waals surface area contributed by atoms with Crippen LogP contribution in [0.3, 0.4) is 0 Å². The molecule has 1 rings (SSSR count). The van der Waals surface area contributed by atoms with Crippen LogP contribution in [0.5, 0.6) is 5.75 Å². The van der Waals surface area contributed by atoms with Gasteiger partial charge in [0.05, 0.1) is 12.7 Å². The zero-order valence-electron chi connectivity index (χ0n) is 8.64. The number of ether oxygens (including phenoxy) is 1. The lowest BCUT2D eigenvalue weighted by atomic mass is 10.0. The summed E-state index contributed by atoms with van der Waals surface area (Å²) >= 11 is 0. The van der Waals surface area contributed by atoms with Gasteiger partial charge in [0.2, 0.25) is 5.91 Å². The molecule has 0 aromatic heterocycles. The van der Waals surface area contributed by atoms with Crippen LogP contribution in [0.15, 0.2) is 30.3 Å². The number of para-hydroxylation sites is 1. The van der Waals surface area contributed by atoms with Gasteiger partial charge in [0, 0.05) is 11.6 Å². The summed E-state index contributed by atoms with van der Waals surface area (Å²) in [5.74, 6) is -1.68. The zero-order chi connectivity index (χ0) is 12.1. The molecule has 1 aromatic rings. The van der Waals surface area contributed by atoms with Crippen LogP contribution < -0.4 is 10.5 Å². The van der Waals surface area contributed by atoms with Gasteiger partial charge in [-0.25, -0.2) is 4.79 Å². The topological polar surface area (TPSA) is 89.6 Å². The molecule has 0 aliphatic rings. The van der Waals surface area contributed by atoms with Gasteiger partial charge >= 0.3 is 5.97 Å². The minimum absolute atomic E-state index is 0.190. The Morgan fingerprint density at radius 1 is 1.38 bits per heavy atom. The van der Waals surface area contributed by atoms with Crippen LogP contribution in [0.25, 0.3) is 5.57 Å². The number of carboxylic acid groups (broad SMARTS) is 1. The monoisotopic (exact) mass is 221 g/mol. The first kappa shape index (κ1) is 11.8. The van der Waals surface area contributed by atoms with E-state index < -0.39 is 11.9 Å². The van der Waals surface area contributed by atoms with E-state index in [0.29, 0.717) is 11.3 Å². The second-order valence-corrected chi connectivity index (χ2v) is 2.97. The van der Waals surface area contributed by atoms with Crippen molar-refractivity contribution in [1.82, 2.24) is 0 Å². The van der Waals surface area contributed by atoms with E-state index >= 15 is 0 Å². The molecule has 0 saturated carbocycles. The van der Waals surface area contributed by atoms with E-state index in [1.165, 1.54) is 7.11 Å². The van der Waals surface area contributed by atoms with Crippen molar-refractivity contribution >= 4 is 17.4 Å². The molecule has 0 heterocycles. The molecule has 16 heavy (non-hydrogen) atoms. The lowest BCUT2D eigenvalue weighted by Gasteiger charge is -2.07. The van der Waals surface area contributed by atoms with Gasteiger partial charge in [-0.2, -0.15) is 0 Å². The highest BCUT2D eigenvalue weighted by atomic mass is 16.5. The number of methoxy groups -OCH3 is 1. The molecule has 0 unspecified atom stereocenters. The van der Waals surface area contributed by atoms with Crippen LogP contribution >= 0.6 is 0 Å². The first-order valence-corrected chi connectivity index (χ1v) is 4.44. The number of carbonyl (C=O) groups excluding carboxylic acids is 1. The third kappa shape index (κ3) is 2.60. The van der Waals surface area contributed by atoms with Crippen molar-refractivity contribution in [2.24, 2.45) is 5.73 Å². The van der Waals surface area contributed by atoms with Crippen molar-refractivity contribution in [2.45, 2.75) is 0 Å². The molecule has 0 fully saturated rings. The summed E-state index contributed by atoms with van der Waals surface area (Å²) in [7, 11) is 1.42. The number of aliphatic carboxylic acids is 1. The summed E-state index contributed by atoms with van der Waals surface area (Å²) in [5.41, 5.74) is 5.07. The molecule has 84 valence electrons. The van der Waals surface area contributed by atoms with E-state index in [1.54, 1.807) is 24.3 Å². The van der Waals surface area contributed by atoms with Crippen LogP contribution in [0.4, 0.5) is 0 Å². The van der Waals surface area contributed by atoms with Crippen molar-refractivity contribution in [1.29, 1.82) is 0 Å². The molecular weight excluding hydrogens is 210 g/mol. The molecule has 0 radical (unpaired) electrons. The number of hydrogen-bond acceptors (Lipinski definition) is 3. The smallest absolute Gasteiger partial charge is 0.336 e. The molecule has 0 saturated heterocycles. The van der Waals surface area contributed by atoms with Crippen LogP contribution in [0.1, 0.15) is 5.56 Å². The zero-order valence-corrected chi connectivity index (χ0v) is 8.64. The van der Waals surface area contributed by atoms with Crippen molar-refractivity contribution < 1.29 is 19.4 Å². The highest BCUT2D eigenvalue weighted by Gasteiger charge is 2.15. The minimum atomic E-state index is -1.23. The van der Waals surface area contributed by atoms with Crippen LogP contribution in [0.2, 0.25) is 0 Å². The maximum Gasteiger partial charge on any atom is 0.336 e. The highest BCUT2D eigenvalue weighted by molar-refractivity contribution is 6.20. The predicted octanol–water partition coefficient (Wildman–Crippen LogP) is 0.648. The standard InChI is InChI=1S/C11H11NO4/c1-16-9-5-3-2-4-7(9)8(11(14)15)6-10(12)13/h2-6H,1H3,(H2,12,13)(H,14,15)/b8-6-. The number of carbonyl (C=O) groups is 2. The number of hydrogen-bond donors (Lipinski definition) is 2. The SMILES string of the molecule is COc1ccccc1/C(=C/C(N)=O)C(=O)O. The summed E-state index contributed by atoms with van der Waals surface area (Å²) in [4.78, 5) is 21.7. The Morgan fingerprint density at radius 2 is 2.00 bits per heavy atom. The van der Waals surface area contributed by atoms with Gasteiger partial charge in [-0.05, 0) is 6.07 Å². The number of nitrogens with two attached hydrogens (primary N) is 1. The third-order valence-corrected chi connectivity index (χ3v) is 1.91. The number of primary amides is 1. The summed E-state index contributed by atoms with van der Waals surface area (Å²) in [6, 6.07) is 6.50. The molecule has 0 spiro atoms. The molecule has 5 nitrogen and oxygen atoms in total. The average molecular weight is 221 g/mol. The Bertz CT molecular complexity index is 451. The molecule has 0 aliphatic carbocycles. The Balaban J connectivity index is 3.32. The van der Waals surface area contributed by atoms with Crippen LogP contribution in [0, 0.1) is 0 Å². The van der Waals surface area contributed by atoms with Crippen molar-refractivity contribution in [3.63, 3.8) is 0 Å². The summed E-state index contributed by atoms with van der Waals surface area (Å²) in [6.45, 7) is 0. The first-order chi connectivity index (χ1) is 7.56. The highest BCUT2D eigenvalue weighted by Crippen LogP contribution is 2.25. The fourth-order valence-electron chi connectivity index (χ4n) is 1.26. The van der Waals surface area contributed by atoms with E-state index in [1.807, 2.05) is 0 Å². The number of rotatable bonds is 4. The van der Waals surface area contributed by atoms with Crippen molar-refractivity contribution in [3.05, 3.63) is 35.9 Å². The number of carboxylic acids is 1. The normalized spacial score (nSPS) is 10.9. The second kappa shape index (κ2) is 4.97. The largest absolute Gasteiger partial charge is 0.496 e. The molecular formula is C11H11NO4. The summed E-state index contributed by atoms with van der Waals surface area (Å²) in [5, 5.41) is 8.96. The summed E-state index contributed by atoms with van der Waals surface area (Å²) in [6.07, 6.45) is 0.861. The van der Waals surface area contributed by atoms with Crippen LogP contribution in [-0.2, 0) is 9.59 Å². The van der Waals surface area contributed by atoms with E-state index in [0.717, 1.165) is 6.08 Å². The van der Waals surface area contributed by atoms with Crippen LogP contribution in [-0.4, -0.2) is 24.1 Å². The van der Waals surface area contributed by atoms with Crippen molar-refractivity contribution in [2.75, 3.05) is 7.11 Å². The Kier molecular flexibility index (Phi) is 3.66. The van der Waals surface area contributed by atoms with Gasteiger partial charge in [0.25, 0.3) is 0 Å². The van der Waals surface area contributed by atoms with Gasteiger partial charge < -0.3 is 15.6 Å². The van der Waals surface area contributed by atoms with Gasteiger partial charge in [-0.3, -0.25) is 4.79 Å². The van der Waals surface area contributed by atoms with Gasteiger partial charge in [-0.15, -0.1) is 0 Å². The fraction of sp³-hybridized carbons (Fsp3) is 0.0909. The quantitative estimate of drug-likeness (QED) is 0.730. The van der Waals surface area contributed by atoms with E-state index in [-0.39, 0.29) is 5.57 Å². The molecule has 5 heteroatoms. The molecule has 3 N–H and O–H groups in total. The lowest BCUT2D eigenvalue weighted by molar-refractivity contribution is -0.130. The molecule has 0 bridgehead atoms. The maximum absolute atomic E-state index is 11.0.